The summed E-state index contributed by atoms with van der Waals surface area (Å²) in [5.41, 5.74) is 0.674. The fraction of sp³-hybridized carbons (Fsp3) is 0.400. The van der Waals surface area contributed by atoms with Crippen LogP contribution < -0.4 is 10.4 Å². The van der Waals surface area contributed by atoms with Crippen LogP contribution in [-0.4, -0.2) is 46.5 Å². The molecule has 0 bridgehead atoms. The zero-order chi connectivity index (χ0) is 15.9. The first kappa shape index (κ1) is 15.0. The summed E-state index contributed by atoms with van der Waals surface area (Å²) in [4.78, 5) is 11.4. The van der Waals surface area contributed by atoms with Crippen molar-refractivity contribution in [1.29, 1.82) is 0 Å². The lowest BCUT2D eigenvalue weighted by Gasteiger charge is -2.34. The van der Waals surface area contributed by atoms with Gasteiger partial charge in [-0.25, -0.2) is 4.79 Å². The minimum Gasteiger partial charge on any atom is -0.462 e. The van der Waals surface area contributed by atoms with Gasteiger partial charge in [-0.15, -0.1) is 0 Å². The molecule has 1 aromatic heterocycles. The van der Waals surface area contributed by atoms with E-state index in [4.69, 9.17) is 13.9 Å². The molecule has 1 aliphatic rings. The van der Waals surface area contributed by atoms with E-state index in [1.165, 1.54) is 12.1 Å². The molecule has 0 amide bonds. The van der Waals surface area contributed by atoms with Crippen LogP contribution in [0.3, 0.4) is 0 Å². The van der Waals surface area contributed by atoms with Gasteiger partial charge in [0.2, 0.25) is 6.29 Å². The van der Waals surface area contributed by atoms with Crippen LogP contribution >= 0.6 is 0 Å². The van der Waals surface area contributed by atoms with Crippen LogP contribution in [0.5, 0.6) is 5.75 Å². The Bertz CT molecular complexity index is 738. The van der Waals surface area contributed by atoms with Gasteiger partial charge in [0.25, 0.3) is 0 Å². The van der Waals surface area contributed by atoms with Gasteiger partial charge in [0.15, 0.2) is 0 Å². The summed E-state index contributed by atoms with van der Waals surface area (Å²) in [7, 11) is 0. The van der Waals surface area contributed by atoms with Crippen molar-refractivity contribution in [3.8, 4) is 5.75 Å². The number of benzene rings is 1. The lowest BCUT2D eigenvalue weighted by atomic mass is 10.1. The van der Waals surface area contributed by atoms with Gasteiger partial charge < -0.3 is 29.2 Å². The second-order valence-corrected chi connectivity index (χ2v) is 5.27. The van der Waals surface area contributed by atoms with Crippen LogP contribution in [0, 0.1) is 6.92 Å². The number of hydrogen-bond acceptors (Lipinski definition) is 7. The van der Waals surface area contributed by atoms with E-state index in [0.29, 0.717) is 11.3 Å². The molecule has 2 heterocycles. The number of aliphatic hydroxyl groups excluding tert-OH is 3. The molecule has 7 nitrogen and oxygen atoms in total. The summed E-state index contributed by atoms with van der Waals surface area (Å²) in [5.74, 6) is 0.314. The van der Waals surface area contributed by atoms with Gasteiger partial charge >= 0.3 is 5.63 Å². The van der Waals surface area contributed by atoms with E-state index in [-0.39, 0.29) is 6.61 Å². The Morgan fingerprint density at radius 3 is 2.73 bits per heavy atom. The van der Waals surface area contributed by atoms with Gasteiger partial charge in [-0.2, -0.15) is 0 Å². The summed E-state index contributed by atoms with van der Waals surface area (Å²) in [6, 6.07) is 6.28. The first-order chi connectivity index (χ1) is 10.5. The molecule has 7 heteroatoms. The van der Waals surface area contributed by atoms with Crippen LogP contribution in [0.4, 0.5) is 0 Å². The van der Waals surface area contributed by atoms with E-state index in [0.717, 1.165) is 10.9 Å². The highest BCUT2D eigenvalue weighted by molar-refractivity contribution is 5.81. The smallest absolute Gasteiger partial charge is 0.336 e. The molecular weight excluding hydrogens is 292 g/mol. The molecule has 1 aliphatic heterocycles. The van der Waals surface area contributed by atoms with Crippen LogP contribution in [0.2, 0.25) is 0 Å². The molecule has 2 aromatic rings. The summed E-state index contributed by atoms with van der Waals surface area (Å²) < 4.78 is 15.7. The molecule has 1 fully saturated rings. The molecule has 3 N–H and O–H groups in total. The predicted molar refractivity (Wildman–Crippen MR) is 75.6 cm³/mol. The van der Waals surface area contributed by atoms with E-state index < -0.39 is 30.2 Å². The Labute approximate surface area is 125 Å². The predicted octanol–water partition coefficient (Wildman–Crippen LogP) is -0.0808. The highest BCUT2D eigenvalue weighted by atomic mass is 16.7. The van der Waals surface area contributed by atoms with Gasteiger partial charge in [0.1, 0.15) is 29.6 Å². The Hall–Kier alpha value is -1.93. The lowest BCUT2D eigenvalue weighted by molar-refractivity contribution is -0.242. The molecular formula is C15H16O7. The first-order valence-corrected chi connectivity index (χ1v) is 6.82. The maximum Gasteiger partial charge on any atom is 0.336 e. The molecule has 0 aliphatic carbocycles. The Morgan fingerprint density at radius 2 is 1.95 bits per heavy atom. The quantitative estimate of drug-likeness (QED) is 0.666. The number of rotatable bonds is 2. The van der Waals surface area contributed by atoms with Gasteiger partial charge in [-0.3, -0.25) is 0 Å². The fourth-order valence-corrected chi connectivity index (χ4v) is 2.40. The van der Waals surface area contributed by atoms with Gasteiger partial charge in [-0.05, 0) is 24.6 Å². The maximum atomic E-state index is 11.4. The SMILES string of the molecule is Cc1cc(=O)oc2cc(O[C@@H]3OC[C@@H](O)[C@H](O)C3O)ccc12. The van der Waals surface area contributed by atoms with E-state index in [1.807, 2.05) is 0 Å². The first-order valence-electron chi connectivity index (χ1n) is 6.82. The average molecular weight is 308 g/mol. The van der Waals surface area contributed by atoms with Gasteiger partial charge in [0.05, 0.1) is 6.61 Å². The third-order valence-corrected chi connectivity index (χ3v) is 3.63. The van der Waals surface area contributed by atoms with Crippen molar-refractivity contribution in [3.05, 3.63) is 40.2 Å². The zero-order valence-electron chi connectivity index (χ0n) is 11.8. The van der Waals surface area contributed by atoms with Crippen LogP contribution in [-0.2, 0) is 4.74 Å². The lowest BCUT2D eigenvalue weighted by Crippen LogP contribution is -2.54. The Kier molecular flexibility index (Phi) is 3.88. The number of hydrogen-bond donors (Lipinski definition) is 3. The standard InChI is InChI=1S/C15H16O7/c1-7-4-12(17)22-11-5-8(2-3-9(7)11)21-15-14(19)13(18)10(16)6-20-15/h2-5,10,13-16,18-19H,6H2,1H3/t10-,13+,14?,15+/m1/s1. The highest BCUT2D eigenvalue weighted by Gasteiger charge is 2.39. The van der Waals surface area contributed by atoms with Crippen LogP contribution in [0.25, 0.3) is 11.0 Å². The summed E-state index contributed by atoms with van der Waals surface area (Å²) >= 11 is 0. The zero-order valence-corrected chi connectivity index (χ0v) is 11.8. The Morgan fingerprint density at radius 1 is 1.18 bits per heavy atom. The van der Waals surface area contributed by atoms with Crippen molar-refractivity contribution in [3.63, 3.8) is 0 Å². The topological polar surface area (TPSA) is 109 Å². The molecule has 1 saturated heterocycles. The average Bonchev–Trinajstić information content (AvgIpc) is 2.47. The van der Waals surface area contributed by atoms with E-state index >= 15 is 0 Å². The fourth-order valence-electron chi connectivity index (χ4n) is 2.40. The third-order valence-electron chi connectivity index (χ3n) is 3.63. The molecule has 3 rings (SSSR count). The normalized spacial score (nSPS) is 28.7. The van der Waals surface area contributed by atoms with Crippen LogP contribution in [0.1, 0.15) is 5.56 Å². The second-order valence-electron chi connectivity index (χ2n) is 5.27. The summed E-state index contributed by atoms with van der Waals surface area (Å²) in [5, 5.41) is 29.6. The summed E-state index contributed by atoms with van der Waals surface area (Å²) in [6.45, 7) is 1.65. The minimum absolute atomic E-state index is 0.148. The maximum absolute atomic E-state index is 11.4. The molecule has 0 saturated carbocycles. The van der Waals surface area contributed by atoms with Crippen molar-refractivity contribution in [1.82, 2.24) is 0 Å². The van der Waals surface area contributed by atoms with Gasteiger partial charge in [0, 0.05) is 17.5 Å². The molecule has 1 unspecified atom stereocenters. The summed E-state index contributed by atoms with van der Waals surface area (Å²) in [6.07, 6.45) is -5.01. The Balaban J connectivity index is 1.87. The molecule has 1 aromatic carbocycles. The third kappa shape index (κ3) is 2.71. The molecule has 0 radical (unpaired) electrons. The van der Waals surface area contributed by atoms with Crippen molar-refractivity contribution >= 4 is 11.0 Å². The van der Waals surface area contributed by atoms with Crippen LogP contribution in [0.15, 0.2) is 33.5 Å². The number of fused-ring (bicyclic) bond motifs is 1. The number of ether oxygens (including phenoxy) is 2. The molecule has 0 spiro atoms. The monoisotopic (exact) mass is 308 g/mol. The van der Waals surface area contributed by atoms with E-state index in [9.17, 15) is 20.1 Å². The number of aryl methyl sites for hydroxylation is 1. The van der Waals surface area contributed by atoms with Crippen molar-refractivity contribution in [2.45, 2.75) is 31.5 Å². The van der Waals surface area contributed by atoms with Gasteiger partial charge in [-0.1, -0.05) is 0 Å². The van der Waals surface area contributed by atoms with Crippen molar-refractivity contribution in [2.75, 3.05) is 6.61 Å². The molecule has 22 heavy (non-hydrogen) atoms. The minimum atomic E-state index is -1.39. The van der Waals surface area contributed by atoms with Crippen molar-refractivity contribution in [2.24, 2.45) is 0 Å². The van der Waals surface area contributed by atoms with E-state index in [2.05, 4.69) is 0 Å². The van der Waals surface area contributed by atoms with E-state index in [1.54, 1.807) is 19.1 Å². The molecule has 4 atom stereocenters. The van der Waals surface area contributed by atoms with Crippen molar-refractivity contribution < 1.29 is 29.2 Å². The number of aliphatic hydroxyl groups is 3. The highest BCUT2D eigenvalue weighted by Crippen LogP contribution is 2.25. The largest absolute Gasteiger partial charge is 0.462 e. The second kappa shape index (κ2) is 5.69. The molecule has 118 valence electrons.